The van der Waals surface area contributed by atoms with Crippen molar-refractivity contribution in [3.8, 4) is 0 Å². The van der Waals surface area contributed by atoms with Gasteiger partial charge >= 0.3 is 39.5 Å². The van der Waals surface area contributed by atoms with Gasteiger partial charge < -0.3 is 33.8 Å². The van der Waals surface area contributed by atoms with Gasteiger partial charge in [0.1, 0.15) is 19.3 Å². The Balaban J connectivity index is 5.29. The molecule has 0 spiro atoms. The third-order valence-electron chi connectivity index (χ3n) is 18.4. The molecule has 5 unspecified atom stereocenters. The van der Waals surface area contributed by atoms with Gasteiger partial charge in [-0.15, -0.1) is 0 Å². The van der Waals surface area contributed by atoms with Crippen LogP contribution >= 0.6 is 15.6 Å². The Morgan fingerprint density at radius 2 is 0.511 bits per heavy atom. The SMILES string of the molecule is CCC(C)CCCCCCCCCCCCC(=O)OC[C@H](COP(=O)(O)OC[C@@H](O)COP(=O)(O)OC[C@@H](COC(=O)CCCCCCCCCCC(C)CC)OC(=O)CCCCCCCCCCCCC(C)CC)OC(=O)CCCCCCCCCCCCCC(C)C. The van der Waals surface area contributed by atoms with E-state index in [2.05, 4.69) is 55.4 Å². The van der Waals surface area contributed by atoms with Crippen molar-refractivity contribution < 1.29 is 80.2 Å². The molecule has 558 valence electrons. The third-order valence-corrected chi connectivity index (χ3v) is 20.3. The molecule has 0 aromatic carbocycles. The fourth-order valence-electron chi connectivity index (χ4n) is 11.3. The van der Waals surface area contributed by atoms with Gasteiger partial charge in [0, 0.05) is 25.7 Å². The lowest BCUT2D eigenvalue weighted by Gasteiger charge is -2.21. The van der Waals surface area contributed by atoms with Crippen LogP contribution in [-0.2, 0) is 65.4 Å². The molecule has 0 aromatic heterocycles. The monoisotopic (exact) mass is 1380 g/mol. The Bertz CT molecular complexity index is 1860. The van der Waals surface area contributed by atoms with Crippen LogP contribution in [0.1, 0.15) is 376 Å². The summed E-state index contributed by atoms with van der Waals surface area (Å²) in [5.41, 5.74) is 0. The Kier molecular flexibility index (Phi) is 63.1. The molecule has 94 heavy (non-hydrogen) atoms. The lowest BCUT2D eigenvalue weighted by Crippen LogP contribution is -2.30. The maximum absolute atomic E-state index is 13.1. The van der Waals surface area contributed by atoms with Crippen LogP contribution in [0.5, 0.6) is 0 Å². The van der Waals surface area contributed by atoms with E-state index in [-0.39, 0.29) is 25.7 Å². The number of aliphatic hydroxyl groups excluding tert-OH is 1. The van der Waals surface area contributed by atoms with Crippen LogP contribution in [-0.4, -0.2) is 96.7 Å². The van der Waals surface area contributed by atoms with Crippen molar-refractivity contribution in [2.24, 2.45) is 23.7 Å². The van der Waals surface area contributed by atoms with E-state index in [0.717, 1.165) is 114 Å². The van der Waals surface area contributed by atoms with Crippen molar-refractivity contribution in [3.05, 3.63) is 0 Å². The minimum atomic E-state index is -4.96. The second-order valence-corrected chi connectivity index (χ2v) is 31.1. The number of ether oxygens (including phenoxy) is 4. The van der Waals surface area contributed by atoms with Gasteiger partial charge in [-0.3, -0.25) is 37.3 Å². The molecular weight excluding hydrogens is 1230 g/mol. The third kappa shape index (κ3) is 64.7. The summed E-state index contributed by atoms with van der Waals surface area (Å²) >= 11 is 0. The molecule has 0 aliphatic rings. The summed E-state index contributed by atoms with van der Waals surface area (Å²) < 4.78 is 68.5. The van der Waals surface area contributed by atoms with Crippen LogP contribution in [0.25, 0.3) is 0 Å². The van der Waals surface area contributed by atoms with E-state index in [1.165, 1.54) is 180 Å². The largest absolute Gasteiger partial charge is 0.472 e. The first-order chi connectivity index (χ1) is 45.2. The average Bonchev–Trinajstić information content (AvgIpc) is 3.75. The first-order valence-electron chi connectivity index (χ1n) is 38.8. The number of aliphatic hydroxyl groups is 1. The number of hydrogen-bond acceptors (Lipinski definition) is 15. The number of phosphoric acid groups is 2. The molecule has 0 aliphatic carbocycles. The molecule has 8 atom stereocenters. The van der Waals surface area contributed by atoms with E-state index in [4.69, 9.17) is 37.0 Å². The van der Waals surface area contributed by atoms with Crippen LogP contribution in [0.3, 0.4) is 0 Å². The van der Waals surface area contributed by atoms with Gasteiger partial charge in [-0.1, -0.05) is 325 Å². The summed E-state index contributed by atoms with van der Waals surface area (Å²) in [7, 11) is -9.91. The number of phosphoric ester groups is 2. The van der Waals surface area contributed by atoms with Crippen LogP contribution in [0, 0.1) is 23.7 Å². The second kappa shape index (κ2) is 64.4. The number of hydrogen-bond donors (Lipinski definition) is 3. The first-order valence-corrected chi connectivity index (χ1v) is 41.8. The molecule has 19 heteroatoms. The highest BCUT2D eigenvalue weighted by Crippen LogP contribution is 2.45. The van der Waals surface area contributed by atoms with Crippen molar-refractivity contribution in [1.82, 2.24) is 0 Å². The molecule has 0 aromatic rings. The van der Waals surface area contributed by atoms with E-state index < -0.39 is 97.5 Å². The summed E-state index contributed by atoms with van der Waals surface area (Å²) in [4.78, 5) is 72.8. The highest BCUT2D eigenvalue weighted by atomic mass is 31.2. The molecule has 0 fully saturated rings. The van der Waals surface area contributed by atoms with Crippen molar-refractivity contribution in [2.75, 3.05) is 39.6 Å². The zero-order chi connectivity index (χ0) is 69.6. The van der Waals surface area contributed by atoms with Gasteiger partial charge in [-0.05, 0) is 49.4 Å². The molecule has 0 saturated heterocycles. The van der Waals surface area contributed by atoms with Crippen molar-refractivity contribution in [1.29, 1.82) is 0 Å². The van der Waals surface area contributed by atoms with Gasteiger partial charge in [0.25, 0.3) is 0 Å². The molecule has 3 N–H and O–H groups in total. The summed E-state index contributed by atoms with van der Waals surface area (Å²) in [6.07, 6.45) is 48.3. The maximum atomic E-state index is 13.1. The van der Waals surface area contributed by atoms with Gasteiger partial charge in [-0.25, -0.2) is 9.13 Å². The lowest BCUT2D eigenvalue weighted by atomic mass is 9.99. The van der Waals surface area contributed by atoms with Crippen LogP contribution in [0.15, 0.2) is 0 Å². The zero-order valence-electron chi connectivity index (χ0n) is 61.6. The molecule has 0 saturated carbocycles. The predicted octanol–water partition coefficient (Wildman–Crippen LogP) is 21.7. The van der Waals surface area contributed by atoms with Gasteiger partial charge in [0.15, 0.2) is 12.2 Å². The van der Waals surface area contributed by atoms with Crippen molar-refractivity contribution in [2.45, 2.75) is 395 Å². The molecular formula is C75H146O17P2. The summed E-state index contributed by atoms with van der Waals surface area (Å²) in [6, 6.07) is 0. The van der Waals surface area contributed by atoms with E-state index in [0.29, 0.717) is 25.7 Å². The van der Waals surface area contributed by atoms with Gasteiger partial charge in [0.05, 0.1) is 26.4 Å². The first kappa shape index (κ1) is 92.1. The average molecular weight is 1380 g/mol. The van der Waals surface area contributed by atoms with E-state index >= 15 is 0 Å². The number of esters is 4. The minimum Gasteiger partial charge on any atom is -0.462 e. The quantitative estimate of drug-likeness (QED) is 0.0222. The van der Waals surface area contributed by atoms with E-state index in [1.54, 1.807) is 0 Å². The molecule has 0 aliphatic heterocycles. The Labute approximate surface area is 575 Å². The summed E-state index contributed by atoms with van der Waals surface area (Å²) in [5.74, 6) is 1.03. The molecule has 0 heterocycles. The zero-order valence-corrected chi connectivity index (χ0v) is 63.4. The molecule has 17 nitrogen and oxygen atoms in total. The normalized spacial score (nSPS) is 15.0. The van der Waals surface area contributed by atoms with E-state index in [9.17, 15) is 43.2 Å². The van der Waals surface area contributed by atoms with Crippen LogP contribution < -0.4 is 0 Å². The smallest absolute Gasteiger partial charge is 0.462 e. The molecule has 0 bridgehead atoms. The Morgan fingerprint density at radius 3 is 0.755 bits per heavy atom. The van der Waals surface area contributed by atoms with Gasteiger partial charge in [-0.2, -0.15) is 0 Å². The Hall–Kier alpha value is -1.94. The highest BCUT2D eigenvalue weighted by Gasteiger charge is 2.30. The lowest BCUT2D eigenvalue weighted by molar-refractivity contribution is -0.161. The minimum absolute atomic E-state index is 0.105. The number of rotatable bonds is 72. The number of carbonyl (C=O) groups is 4. The van der Waals surface area contributed by atoms with Crippen LogP contribution in [0.4, 0.5) is 0 Å². The maximum Gasteiger partial charge on any atom is 0.472 e. The topological polar surface area (TPSA) is 237 Å². The predicted molar refractivity (Wildman–Crippen MR) is 381 cm³/mol. The number of carbonyl (C=O) groups excluding carboxylic acids is 4. The summed E-state index contributed by atoms with van der Waals surface area (Å²) in [5, 5.41) is 10.6. The standard InChI is InChI=1S/C75H146O17P2/c1-9-66(6)52-44-36-28-20-15-17-22-31-39-47-55-72(77)85-61-70(91-74(79)57-49-41-33-23-14-12-13-19-27-35-43-51-65(4)5)63-89-93(81,82)87-59-69(76)60-88-94(83,84)90-64-71(62-86-73(78)56-48-40-32-26-25-30-38-46-54-68(8)11-3)92-75(80)58-50-42-34-24-18-16-21-29-37-45-53-67(7)10-2/h65-71,76H,9-64H2,1-8H3,(H,81,82)(H,83,84)/t66?,67?,68?,69-,70-,71-/m1/s1. The number of unbranched alkanes of at least 4 members (excludes halogenated alkanes) is 35. The Morgan fingerprint density at radius 1 is 0.298 bits per heavy atom. The van der Waals surface area contributed by atoms with Crippen molar-refractivity contribution in [3.63, 3.8) is 0 Å². The van der Waals surface area contributed by atoms with Crippen LogP contribution in [0.2, 0.25) is 0 Å². The summed E-state index contributed by atoms with van der Waals surface area (Å²) in [6.45, 7) is 14.3. The van der Waals surface area contributed by atoms with Gasteiger partial charge in [0.2, 0.25) is 0 Å². The fourth-order valence-corrected chi connectivity index (χ4v) is 12.9. The van der Waals surface area contributed by atoms with Crippen molar-refractivity contribution >= 4 is 39.5 Å². The highest BCUT2D eigenvalue weighted by molar-refractivity contribution is 7.47. The molecule has 0 radical (unpaired) electrons. The molecule has 0 rings (SSSR count). The van der Waals surface area contributed by atoms with E-state index in [1.807, 2.05) is 0 Å². The molecule has 0 amide bonds. The second-order valence-electron chi connectivity index (χ2n) is 28.2. The fraction of sp³-hybridized carbons (Fsp3) is 0.947.